The van der Waals surface area contributed by atoms with Gasteiger partial charge in [0, 0.05) is 16.8 Å². The number of aromatic nitrogens is 3. The standard InChI is InChI=1S/C14H15BrFN3O2S/c15-10-4-3-9(12(16)6-10)8-22-14-18-17-13(20)19(14)7-11-2-1-5-21-11/h3-4,6,11H,1-2,5,7-8H2,(H,17,20). The summed E-state index contributed by atoms with van der Waals surface area (Å²) in [7, 11) is 0. The molecule has 3 rings (SSSR count). The van der Waals surface area contributed by atoms with Crippen LogP contribution in [0, 0.1) is 5.82 Å². The highest BCUT2D eigenvalue weighted by molar-refractivity contribution is 9.10. The monoisotopic (exact) mass is 387 g/mol. The average molecular weight is 388 g/mol. The van der Waals surface area contributed by atoms with E-state index in [1.54, 1.807) is 16.7 Å². The van der Waals surface area contributed by atoms with Crippen molar-refractivity contribution in [3.63, 3.8) is 0 Å². The molecule has 1 aromatic carbocycles. The number of hydrogen-bond donors (Lipinski definition) is 1. The Morgan fingerprint density at radius 3 is 3.14 bits per heavy atom. The summed E-state index contributed by atoms with van der Waals surface area (Å²) in [6.45, 7) is 1.23. The topological polar surface area (TPSA) is 59.9 Å². The van der Waals surface area contributed by atoms with Crippen molar-refractivity contribution in [2.45, 2.75) is 36.4 Å². The summed E-state index contributed by atoms with van der Waals surface area (Å²) in [5, 5.41) is 7.03. The number of aromatic amines is 1. The molecule has 0 spiro atoms. The van der Waals surface area contributed by atoms with Gasteiger partial charge in [0.05, 0.1) is 12.6 Å². The van der Waals surface area contributed by atoms with Crippen LogP contribution in [0.3, 0.4) is 0 Å². The van der Waals surface area contributed by atoms with Crippen LogP contribution in [-0.4, -0.2) is 27.5 Å². The van der Waals surface area contributed by atoms with Crippen LogP contribution in [0.4, 0.5) is 4.39 Å². The van der Waals surface area contributed by atoms with Gasteiger partial charge in [-0.1, -0.05) is 33.8 Å². The summed E-state index contributed by atoms with van der Waals surface area (Å²) < 4.78 is 21.7. The third kappa shape index (κ3) is 3.61. The fourth-order valence-corrected chi connectivity index (χ4v) is 3.62. The normalized spacial score (nSPS) is 18.0. The van der Waals surface area contributed by atoms with Crippen LogP contribution >= 0.6 is 27.7 Å². The third-order valence-corrected chi connectivity index (χ3v) is 5.02. The second kappa shape index (κ2) is 6.97. The Balaban J connectivity index is 1.71. The van der Waals surface area contributed by atoms with Gasteiger partial charge >= 0.3 is 5.69 Å². The third-order valence-electron chi connectivity index (χ3n) is 3.51. The Kier molecular flexibility index (Phi) is 5.00. The summed E-state index contributed by atoms with van der Waals surface area (Å²) >= 11 is 4.57. The molecule has 2 aromatic rings. The number of rotatable bonds is 5. The maximum absolute atomic E-state index is 13.8. The number of thioether (sulfide) groups is 1. The minimum Gasteiger partial charge on any atom is -0.376 e. The molecule has 5 nitrogen and oxygen atoms in total. The predicted octanol–water partition coefficient (Wildman–Crippen LogP) is 2.94. The van der Waals surface area contributed by atoms with E-state index in [9.17, 15) is 9.18 Å². The van der Waals surface area contributed by atoms with E-state index in [2.05, 4.69) is 26.1 Å². The fourth-order valence-electron chi connectivity index (χ4n) is 2.35. The largest absolute Gasteiger partial charge is 0.376 e. The number of nitrogens with zero attached hydrogens (tertiary/aromatic N) is 2. The molecule has 8 heteroatoms. The number of benzene rings is 1. The van der Waals surface area contributed by atoms with Crippen LogP contribution in [0.1, 0.15) is 18.4 Å². The molecule has 0 saturated carbocycles. The van der Waals surface area contributed by atoms with Gasteiger partial charge in [-0.15, -0.1) is 5.10 Å². The molecule has 1 fully saturated rings. The number of H-pyrrole nitrogens is 1. The lowest BCUT2D eigenvalue weighted by atomic mass is 10.2. The van der Waals surface area contributed by atoms with Gasteiger partial charge in [0.1, 0.15) is 5.82 Å². The van der Waals surface area contributed by atoms with E-state index in [1.807, 2.05) is 0 Å². The van der Waals surface area contributed by atoms with Crippen molar-refractivity contribution >= 4 is 27.7 Å². The minimum atomic E-state index is -0.273. The second-order valence-electron chi connectivity index (χ2n) is 5.08. The summed E-state index contributed by atoms with van der Waals surface area (Å²) in [6.07, 6.45) is 2.02. The van der Waals surface area contributed by atoms with Crippen LogP contribution in [-0.2, 0) is 17.0 Å². The second-order valence-corrected chi connectivity index (χ2v) is 6.94. The zero-order chi connectivity index (χ0) is 15.5. The van der Waals surface area contributed by atoms with Crippen LogP contribution < -0.4 is 5.69 Å². The summed E-state index contributed by atoms with van der Waals surface area (Å²) in [6, 6.07) is 4.95. The Labute approximate surface area is 139 Å². The predicted molar refractivity (Wildman–Crippen MR) is 85.5 cm³/mol. The maximum atomic E-state index is 13.8. The lowest BCUT2D eigenvalue weighted by molar-refractivity contribution is 0.0941. The molecule has 1 aromatic heterocycles. The van der Waals surface area contributed by atoms with E-state index >= 15 is 0 Å². The van der Waals surface area contributed by atoms with Crippen LogP contribution in [0.15, 0.2) is 32.6 Å². The zero-order valence-corrected chi connectivity index (χ0v) is 14.1. The molecular weight excluding hydrogens is 373 g/mol. The lowest BCUT2D eigenvalue weighted by Crippen LogP contribution is -2.24. The number of nitrogens with one attached hydrogen (secondary N) is 1. The van der Waals surface area contributed by atoms with E-state index in [0.717, 1.165) is 19.4 Å². The minimum absolute atomic E-state index is 0.0547. The van der Waals surface area contributed by atoms with Crippen molar-refractivity contribution in [2.24, 2.45) is 0 Å². The molecule has 1 aliphatic rings. The average Bonchev–Trinajstić information content (AvgIpc) is 3.11. The summed E-state index contributed by atoms with van der Waals surface area (Å²) in [5.74, 6) is 0.139. The molecule has 1 N–H and O–H groups in total. The molecule has 118 valence electrons. The molecule has 1 unspecified atom stereocenters. The van der Waals surface area contributed by atoms with Crippen molar-refractivity contribution in [1.29, 1.82) is 0 Å². The van der Waals surface area contributed by atoms with E-state index in [1.165, 1.54) is 17.8 Å². The van der Waals surface area contributed by atoms with Gasteiger partial charge in [-0.05, 0) is 30.5 Å². The van der Waals surface area contributed by atoms with Gasteiger partial charge in [-0.3, -0.25) is 4.57 Å². The molecular formula is C14H15BrFN3O2S. The highest BCUT2D eigenvalue weighted by atomic mass is 79.9. The first kappa shape index (κ1) is 15.8. The Morgan fingerprint density at radius 2 is 2.41 bits per heavy atom. The van der Waals surface area contributed by atoms with Crippen LogP contribution in [0.2, 0.25) is 0 Å². The van der Waals surface area contributed by atoms with Crippen molar-refractivity contribution in [1.82, 2.24) is 14.8 Å². The molecule has 1 aliphatic heterocycles. The van der Waals surface area contributed by atoms with Gasteiger partial charge in [-0.2, -0.15) is 0 Å². The van der Waals surface area contributed by atoms with Gasteiger partial charge in [0.15, 0.2) is 5.16 Å². The van der Waals surface area contributed by atoms with Gasteiger partial charge in [-0.25, -0.2) is 14.3 Å². The fraction of sp³-hybridized carbons (Fsp3) is 0.429. The first-order valence-electron chi connectivity index (χ1n) is 6.97. The Bertz CT molecular complexity index is 712. The first-order valence-corrected chi connectivity index (χ1v) is 8.75. The first-order chi connectivity index (χ1) is 10.6. The van der Waals surface area contributed by atoms with E-state index in [0.29, 0.717) is 27.5 Å². The van der Waals surface area contributed by atoms with E-state index in [-0.39, 0.29) is 17.6 Å². The maximum Gasteiger partial charge on any atom is 0.344 e. The van der Waals surface area contributed by atoms with Gasteiger partial charge in [0.25, 0.3) is 0 Å². The van der Waals surface area contributed by atoms with Gasteiger partial charge < -0.3 is 4.74 Å². The highest BCUT2D eigenvalue weighted by Gasteiger charge is 2.19. The number of hydrogen-bond acceptors (Lipinski definition) is 4. The Hall–Kier alpha value is -1.12. The van der Waals surface area contributed by atoms with Crippen LogP contribution in [0.25, 0.3) is 0 Å². The number of halogens is 2. The van der Waals surface area contributed by atoms with Crippen molar-refractivity contribution in [3.8, 4) is 0 Å². The van der Waals surface area contributed by atoms with Crippen molar-refractivity contribution < 1.29 is 9.13 Å². The SMILES string of the molecule is O=c1[nH]nc(SCc2ccc(Br)cc2F)n1CC1CCCO1. The Morgan fingerprint density at radius 1 is 1.55 bits per heavy atom. The molecule has 22 heavy (non-hydrogen) atoms. The molecule has 0 radical (unpaired) electrons. The molecule has 0 bridgehead atoms. The lowest BCUT2D eigenvalue weighted by Gasteiger charge is -2.11. The molecule has 1 atom stereocenters. The van der Waals surface area contributed by atoms with E-state index < -0.39 is 0 Å². The number of ether oxygens (including phenoxy) is 1. The summed E-state index contributed by atoms with van der Waals surface area (Å²) in [5.41, 5.74) is 0.321. The molecule has 0 amide bonds. The highest BCUT2D eigenvalue weighted by Crippen LogP contribution is 2.24. The van der Waals surface area contributed by atoms with Crippen molar-refractivity contribution in [2.75, 3.05) is 6.61 Å². The zero-order valence-electron chi connectivity index (χ0n) is 11.7. The smallest absolute Gasteiger partial charge is 0.344 e. The molecule has 2 heterocycles. The van der Waals surface area contributed by atoms with E-state index in [4.69, 9.17) is 4.74 Å². The van der Waals surface area contributed by atoms with Crippen LogP contribution in [0.5, 0.6) is 0 Å². The van der Waals surface area contributed by atoms with Crippen molar-refractivity contribution in [3.05, 3.63) is 44.5 Å². The quantitative estimate of drug-likeness (QED) is 0.801. The molecule has 1 saturated heterocycles. The van der Waals surface area contributed by atoms with Gasteiger partial charge in [0.2, 0.25) is 0 Å². The molecule has 0 aliphatic carbocycles. The summed E-state index contributed by atoms with van der Waals surface area (Å²) in [4.78, 5) is 11.8.